The Morgan fingerprint density at radius 3 is 2.28 bits per heavy atom. The third-order valence-electron chi connectivity index (χ3n) is 3.20. The summed E-state index contributed by atoms with van der Waals surface area (Å²) in [6, 6.07) is 13.8. The fraction of sp³-hybridized carbons (Fsp3) is 0.375. The number of nitrogens with one attached hydrogen (secondary N) is 1. The number of hydrogen-bond donors (Lipinski definition) is 1. The van der Waals surface area contributed by atoms with Gasteiger partial charge >= 0.3 is 0 Å². The molecular weight excluding hydrogens is 238 g/mol. The highest BCUT2D eigenvalue weighted by Gasteiger charge is 2.08. The zero-order valence-corrected chi connectivity index (χ0v) is 12.2. The van der Waals surface area contributed by atoms with Crippen LogP contribution in [-0.2, 0) is 0 Å². The van der Waals surface area contributed by atoms with Gasteiger partial charge in [0.25, 0.3) is 0 Å². The maximum atomic E-state index is 3.51. The summed E-state index contributed by atoms with van der Waals surface area (Å²) in [5.74, 6) is 0. The maximum absolute atomic E-state index is 3.51. The third kappa shape index (κ3) is 3.01. The zero-order chi connectivity index (χ0) is 13.0. The molecule has 0 saturated carbocycles. The fourth-order valence-electron chi connectivity index (χ4n) is 2.21. The monoisotopic (exact) mass is 259 g/mol. The Labute approximate surface area is 114 Å². The molecular formula is C16H21NS. The molecule has 0 aliphatic rings. The Hall–Kier alpha value is -1.12. The van der Waals surface area contributed by atoms with Crippen molar-refractivity contribution in [3.05, 3.63) is 46.8 Å². The van der Waals surface area contributed by atoms with Crippen LogP contribution in [-0.4, -0.2) is 6.54 Å². The van der Waals surface area contributed by atoms with Gasteiger partial charge in [-0.25, -0.2) is 0 Å². The van der Waals surface area contributed by atoms with Gasteiger partial charge in [-0.05, 0) is 43.1 Å². The van der Waals surface area contributed by atoms with Crippen molar-refractivity contribution in [2.75, 3.05) is 6.54 Å². The smallest absolute Gasteiger partial charge is 0.0345 e. The van der Waals surface area contributed by atoms with Crippen molar-refractivity contribution in [3.63, 3.8) is 0 Å². The van der Waals surface area contributed by atoms with Crippen molar-refractivity contribution in [1.82, 2.24) is 5.32 Å². The average molecular weight is 259 g/mol. The van der Waals surface area contributed by atoms with Crippen molar-refractivity contribution in [2.45, 2.75) is 33.2 Å². The minimum atomic E-state index is 0.481. The molecule has 0 aliphatic heterocycles. The van der Waals surface area contributed by atoms with E-state index >= 15 is 0 Å². The zero-order valence-electron chi connectivity index (χ0n) is 11.4. The maximum Gasteiger partial charge on any atom is 0.0345 e. The van der Waals surface area contributed by atoms with Crippen LogP contribution in [0.2, 0.25) is 0 Å². The Morgan fingerprint density at radius 2 is 1.78 bits per heavy atom. The molecule has 1 aromatic heterocycles. The molecule has 0 amide bonds. The quantitative estimate of drug-likeness (QED) is 0.814. The van der Waals surface area contributed by atoms with Gasteiger partial charge in [0.1, 0.15) is 0 Å². The van der Waals surface area contributed by atoms with E-state index in [4.69, 9.17) is 0 Å². The molecule has 1 heterocycles. The minimum Gasteiger partial charge on any atom is -0.310 e. The van der Waals surface area contributed by atoms with Gasteiger partial charge in [-0.3, -0.25) is 0 Å². The van der Waals surface area contributed by atoms with Crippen molar-refractivity contribution in [1.29, 1.82) is 0 Å². The first-order valence-corrected chi connectivity index (χ1v) is 7.46. The van der Waals surface area contributed by atoms with Gasteiger partial charge in [0.05, 0.1) is 0 Å². The van der Waals surface area contributed by atoms with E-state index in [9.17, 15) is 0 Å². The second kappa shape index (κ2) is 6.17. The summed E-state index contributed by atoms with van der Waals surface area (Å²) in [4.78, 5) is 2.73. The van der Waals surface area contributed by atoms with Gasteiger partial charge in [-0.1, -0.05) is 38.1 Å². The predicted octanol–water partition coefficient (Wildman–Crippen LogP) is 4.78. The molecule has 0 bridgehead atoms. The normalized spacial score (nSPS) is 12.6. The van der Waals surface area contributed by atoms with Crippen LogP contribution in [0.25, 0.3) is 10.4 Å². The summed E-state index contributed by atoms with van der Waals surface area (Å²) in [6.45, 7) is 7.56. The van der Waals surface area contributed by atoms with Gasteiger partial charge in [-0.2, -0.15) is 0 Å². The van der Waals surface area contributed by atoms with Crippen LogP contribution in [0.5, 0.6) is 0 Å². The molecule has 1 unspecified atom stereocenters. The molecule has 1 N–H and O–H groups in total. The molecule has 18 heavy (non-hydrogen) atoms. The summed E-state index contributed by atoms with van der Waals surface area (Å²) in [5.41, 5.74) is 2.71. The largest absolute Gasteiger partial charge is 0.310 e. The molecule has 1 atom stereocenters. The van der Waals surface area contributed by atoms with Crippen LogP contribution in [0, 0.1) is 6.92 Å². The van der Waals surface area contributed by atoms with E-state index < -0.39 is 0 Å². The van der Waals surface area contributed by atoms with Crippen molar-refractivity contribution < 1.29 is 0 Å². The molecule has 0 fully saturated rings. The van der Waals surface area contributed by atoms with E-state index in [1.54, 1.807) is 0 Å². The van der Waals surface area contributed by atoms with Gasteiger partial charge in [0.15, 0.2) is 0 Å². The van der Waals surface area contributed by atoms with Crippen molar-refractivity contribution >= 4 is 11.3 Å². The lowest BCUT2D eigenvalue weighted by Crippen LogP contribution is -2.19. The van der Waals surface area contributed by atoms with Crippen molar-refractivity contribution in [3.8, 4) is 10.4 Å². The molecule has 0 saturated heterocycles. The van der Waals surface area contributed by atoms with Crippen LogP contribution >= 0.6 is 11.3 Å². The van der Waals surface area contributed by atoms with Gasteiger partial charge in [-0.15, -0.1) is 11.3 Å². The van der Waals surface area contributed by atoms with E-state index in [-0.39, 0.29) is 0 Å². The Balaban J connectivity index is 2.19. The van der Waals surface area contributed by atoms with Crippen molar-refractivity contribution in [2.24, 2.45) is 0 Å². The van der Waals surface area contributed by atoms with E-state index in [0.29, 0.717) is 6.04 Å². The molecule has 1 aromatic carbocycles. The standard InChI is InChI=1S/C16H21NS/c1-4-15(17-5-2)13-7-9-14(10-8-13)16-11-6-12(3)18-16/h6-11,15,17H,4-5H2,1-3H3. The topological polar surface area (TPSA) is 12.0 Å². The van der Waals surface area contributed by atoms with E-state index in [1.165, 1.54) is 20.9 Å². The first kappa shape index (κ1) is 13.3. The SMILES string of the molecule is CCNC(CC)c1ccc(-c2ccc(C)s2)cc1. The van der Waals surface area contributed by atoms with Gasteiger partial charge in [0.2, 0.25) is 0 Å². The number of thiophene rings is 1. The van der Waals surface area contributed by atoms with Crippen LogP contribution < -0.4 is 5.32 Å². The highest BCUT2D eigenvalue weighted by Crippen LogP contribution is 2.28. The molecule has 0 radical (unpaired) electrons. The lowest BCUT2D eigenvalue weighted by molar-refractivity contribution is 0.537. The second-order valence-electron chi connectivity index (χ2n) is 4.55. The van der Waals surface area contributed by atoms with Crippen LogP contribution in [0.15, 0.2) is 36.4 Å². The highest BCUT2D eigenvalue weighted by molar-refractivity contribution is 7.15. The summed E-state index contributed by atoms with van der Waals surface area (Å²) in [6.07, 6.45) is 1.13. The lowest BCUT2D eigenvalue weighted by Gasteiger charge is -2.16. The van der Waals surface area contributed by atoms with Gasteiger partial charge < -0.3 is 5.32 Å². The number of aryl methyl sites for hydroxylation is 1. The van der Waals surface area contributed by atoms with E-state index in [2.05, 4.69) is 62.5 Å². The first-order chi connectivity index (χ1) is 8.74. The number of benzene rings is 1. The highest BCUT2D eigenvalue weighted by atomic mass is 32.1. The molecule has 1 nitrogen and oxygen atoms in total. The average Bonchev–Trinajstić information content (AvgIpc) is 2.83. The molecule has 0 spiro atoms. The molecule has 0 aliphatic carbocycles. The van der Waals surface area contributed by atoms with Crippen LogP contribution in [0.3, 0.4) is 0 Å². The number of rotatable bonds is 5. The Kier molecular flexibility index (Phi) is 4.56. The summed E-state index contributed by atoms with van der Waals surface area (Å²) in [5, 5.41) is 3.51. The Bertz CT molecular complexity index is 484. The van der Waals surface area contributed by atoms with Gasteiger partial charge in [0, 0.05) is 15.8 Å². The van der Waals surface area contributed by atoms with E-state index in [1.807, 2.05) is 11.3 Å². The summed E-state index contributed by atoms with van der Waals surface area (Å²) >= 11 is 1.86. The molecule has 2 heteroatoms. The Morgan fingerprint density at radius 1 is 1.06 bits per heavy atom. The second-order valence-corrected chi connectivity index (χ2v) is 5.84. The molecule has 2 aromatic rings. The predicted molar refractivity (Wildman–Crippen MR) is 81.2 cm³/mol. The van der Waals surface area contributed by atoms with Crippen LogP contribution in [0.4, 0.5) is 0 Å². The fourth-order valence-corrected chi connectivity index (χ4v) is 3.09. The molecule has 96 valence electrons. The summed E-state index contributed by atoms with van der Waals surface area (Å²) in [7, 11) is 0. The molecule has 2 rings (SSSR count). The van der Waals surface area contributed by atoms with E-state index in [0.717, 1.165) is 13.0 Å². The third-order valence-corrected chi connectivity index (χ3v) is 4.25. The van der Waals surface area contributed by atoms with Crippen LogP contribution in [0.1, 0.15) is 36.8 Å². The minimum absolute atomic E-state index is 0.481. The first-order valence-electron chi connectivity index (χ1n) is 6.64. The number of hydrogen-bond acceptors (Lipinski definition) is 2. The summed E-state index contributed by atoms with van der Waals surface area (Å²) < 4.78 is 0. The lowest BCUT2D eigenvalue weighted by atomic mass is 10.0.